The van der Waals surface area contributed by atoms with Crippen LogP contribution in [0.15, 0.2) is 23.2 Å². The fraction of sp³-hybridized carbons (Fsp3) is 0.500. The van der Waals surface area contributed by atoms with Crippen molar-refractivity contribution in [2.75, 3.05) is 0 Å². The maximum absolute atomic E-state index is 12.0. The number of hydrogen-bond acceptors (Lipinski definition) is 7. The second-order valence-electron chi connectivity index (χ2n) is 7.95. The van der Waals surface area contributed by atoms with E-state index in [1.165, 1.54) is 18.2 Å². The van der Waals surface area contributed by atoms with Gasteiger partial charge in [0.2, 0.25) is 5.96 Å². The molecule has 0 heterocycles. The Kier molecular flexibility index (Phi) is 7.96. The lowest BCUT2D eigenvalue weighted by Crippen LogP contribution is -2.47. The number of guanidine groups is 1. The summed E-state index contributed by atoms with van der Waals surface area (Å²) in [6.07, 6.45) is -1.66. The van der Waals surface area contributed by atoms with Gasteiger partial charge in [0, 0.05) is 12.1 Å². The highest BCUT2D eigenvalue weighted by Gasteiger charge is 2.21. The fourth-order valence-corrected chi connectivity index (χ4v) is 2.09. The molecule has 0 radical (unpaired) electrons. The number of non-ortho nitro benzene ring substituents is 1. The van der Waals surface area contributed by atoms with E-state index >= 15 is 0 Å². The third-order valence-electron chi connectivity index (χ3n) is 2.89. The van der Waals surface area contributed by atoms with Crippen LogP contribution < -0.4 is 10.6 Å². The molecular formula is C18H25ClN4O6. The van der Waals surface area contributed by atoms with Gasteiger partial charge in [-0.15, -0.1) is 0 Å². The van der Waals surface area contributed by atoms with E-state index in [2.05, 4.69) is 15.6 Å². The van der Waals surface area contributed by atoms with Gasteiger partial charge >= 0.3 is 12.2 Å². The van der Waals surface area contributed by atoms with Gasteiger partial charge in [-0.25, -0.2) is 14.6 Å². The van der Waals surface area contributed by atoms with Crippen molar-refractivity contribution in [2.24, 2.45) is 4.99 Å². The topological polar surface area (TPSA) is 132 Å². The number of amides is 2. The molecule has 0 aliphatic heterocycles. The van der Waals surface area contributed by atoms with E-state index in [1.54, 1.807) is 41.5 Å². The average molecular weight is 429 g/mol. The van der Waals surface area contributed by atoms with E-state index in [9.17, 15) is 19.7 Å². The number of benzene rings is 1. The molecule has 0 spiro atoms. The number of alkyl carbamates (subject to hydrolysis) is 2. The molecule has 0 fully saturated rings. The van der Waals surface area contributed by atoms with Crippen LogP contribution in [-0.2, 0) is 16.0 Å². The van der Waals surface area contributed by atoms with Gasteiger partial charge in [-0.05, 0) is 53.2 Å². The molecular weight excluding hydrogens is 404 g/mol. The lowest BCUT2D eigenvalue weighted by molar-refractivity contribution is -0.384. The van der Waals surface area contributed by atoms with Crippen molar-refractivity contribution in [2.45, 2.75) is 59.3 Å². The fourth-order valence-electron chi connectivity index (χ4n) is 1.85. The number of carbonyl (C=O) groups is 2. The minimum absolute atomic E-state index is 0.0717. The van der Waals surface area contributed by atoms with Crippen LogP contribution in [0.1, 0.15) is 47.1 Å². The molecule has 0 saturated heterocycles. The zero-order chi connectivity index (χ0) is 22.4. The van der Waals surface area contributed by atoms with Gasteiger partial charge in [0.25, 0.3) is 5.69 Å². The molecule has 0 aromatic heterocycles. The van der Waals surface area contributed by atoms with Gasteiger partial charge < -0.3 is 9.47 Å². The summed E-state index contributed by atoms with van der Waals surface area (Å²) < 4.78 is 10.3. The van der Waals surface area contributed by atoms with Crippen LogP contribution in [0.3, 0.4) is 0 Å². The van der Waals surface area contributed by atoms with Crippen LogP contribution in [-0.4, -0.2) is 34.3 Å². The summed E-state index contributed by atoms with van der Waals surface area (Å²) in [4.78, 5) is 38.4. The van der Waals surface area contributed by atoms with Crippen LogP contribution in [0.5, 0.6) is 0 Å². The summed E-state index contributed by atoms with van der Waals surface area (Å²) in [6, 6.07) is 3.90. The van der Waals surface area contributed by atoms with E-state index in [1.807, 2.05) is 0 Å². The molecule has 0 aliphatic rings. The second-order valence-corrected chi connectivity index (χ2v) is 8.36. The van der Waals surface area contributed by atoms with Crippen molar-refractivity contribution in [1.29, 1.82) is 0 Å². The van der Waals surface area contributed by atoms with Crippen LogP contribution in [0.25, 0.3) is 0 Å². The number of nitrogens with zero attached hydrogens (tertiary/aromatic N) is 2. The summed E-state index contributed by atoms with van der Waals surface area (Å²) in [5.41, 5.74) is -1.24. The maximum atomic E-state index is 12.0. The standard InChI is InChI=1S/C18H25ClN4O6/c1-17(2,3)28-15(24)21-14(22-16(25)29-18(4,5)6)20-10-11-7-8-12(23(26)27)9-13(11)19/h7-9H,10H2,1-6H3,(H2,20,21,22,24,25). The molecule has 29 heavy (non-hydrogen) atoms. The molecule has 1 rings (SSSR count). The van der Waals surface area contributed by atoms with Crippen LogP contribution in [0, 0.1) is 10.1 Å². The molecule has 0 saturated carbocycles. The van der Waals surface area contributed by atoms with Crippen LogP contribution in [0.2, 0.25) is 5.02 Å². The molecule has 1 aromatic carbocycles. The molecule has 2 amide bonds. The first-order valence-electron chi connectivity index (χ1n) is 8.63. The minimum Gasteiger partial charge on any atom is -0.444 e. The molecule has 2 N–H and O–H groups in total. The first kappa shape index (κ1) is 24.2. The number of nitro groups is 1. The Morgan fingerprint density at radius 3 is 1.93 bits per heavy atom. The highest BCUT2D eigenvalue weighted by atomic mass is 35.5. The Morgan fingerprint density at radius 2 is 1.55 bits per heavy atom. The predicted molar refractivity (Wildman–Crippen MR) is 108 cm³/mol. The highest BCUT2D eigenvalue weighted by molar-refractivity contribution is 6.31. The predicted octanol–water partition coefficient (Wildman–Crippen LogP) is 4.15. The quantitative estimate of drug-likeness (QED) is 0.321. The number of rotatable bonds is 3. The Morgan fingerprint density at radius 1 is 1.07 bits per heavy atom. The zero-order valence-corrected chi connectivity index (χ0v) is 17.9. The summed E-state index contributed by atoms with van der Waals surface area (Å²) in [7, 11) is 0. The first-order valence-corrected chi connectivity index (χ1v) is 9.01. The molecule has 10 nitrogen and oxygen atoms in total. The van der Waals surface area contributed by atoms with Crippen LogP contribution in [0.4, 0.5) is 15.3 Å². The SMILES string of the molecule is CC(C)(C)OC(=O)NC(=NCc1ccc([N+](=O)[O-])cc1Cl)NC(=O)OC(C)(C)C. The monoisotopic (exact) mass is 428 g/mol. The van der Waals surface area contributed by atoms with E-state index in [0.717, 1.165) is 0 Å². The van der Waals surface area contributed by atoms with Crippen molar-refractivity contribution < 1.29 is 24.0 Å². The Hall–Kier alpha value is -2.88. The van der Waals surface area contributed by atoms with Crippen molar-refractivity contribution in [3.63, 3.8) is 0 Å². The highest BCUT2D eigenvalue weighted by Crippen LogP contribution is 2.23. The summed E-state index contributed by atoms with van der Waals surface area (Å²) in [5, 5.41) is 15.6. The number of nitro benzene ring substituents is 1. The number of carbonyl (C=O) groups excluding carboxylic acids is 2. The van der Waals surface area contributed by atoms with Gasteiger partial charge in [-0.2, -0.15) is 0 Å². The number of hydrogen-bond donors (Lipinski definition) is 2. The van der Waals surface area contributed by atoms with Gasteiger partial charge in [0.1, 0.15) is 11.2 Å². The van der Waals surface area contributed by atoms with Crippen molar-refractivity contribution in [1.82, 2.24) is 10.6 Å². The van der Waals surface area contributed by atoms with Gasteiger partial charge in [-0.1, -0.05) is 11.6 Å². The van der Waals surface area contributed by atoms with Gasteiger partial charge in [0.05, 0.1) is 16.5 Å². The largest absolute Gasteiger partial charge is 0.444 e. The molecule has 1 aromatic rings. The van der Waals surface area contributed by atoms with E-state index in [0.29, 0.717) is 5.56 Å². The smallest absolute Gasteiger partial charge is 0.414 e. The van der Waals surface area contributed by atoms with Crippen LogP contribution >= 0.6 is 11.6 Å². The lowest BCUT2D eigenvalue weighted by atomic mass is 10.2. The van der Waals surface area contributed by atoms with E-state index in [-0.39, 0.29) is 23.2 Å². The molecule has 160 valence electrons. The number of ether oxygens (including phenoxy) is 2. The van der Waals surface area contributed by atoms with Crippen molar-refractivity contribution in [3.8, 4) is 0 Å². The third-order valence-corrected chi connectivity index (χ3v) is 3.25. The van der Waals surface area contributed by atoms with Crippen molar-refractivity contribution in [3.05, 3.63) is 38.9 Å². The molecule has 11 heteroatoms. The molecule has 0 unspecified atom stereocenters. The Bertz CT molecular complexity index is 780. The Balaban J connectivity index is 3.01. The summed E-state index contributed by atoms with van der Waals surface area (Å²) >= 11 is 6.04. The lowest BCUT2D eigenvalue weighted by Gasteiger charge is -2.22. The van der Waals surface area contributed by atoms with Crippen molar-refractivity contribution >= 4 is 35.4 Å². The molecule has 0 atom stereocenters. The Labute approximate surface area is 173 Å². The average Bonchev–Trinajstić information content (AvgIpc) is 2.49. The first-order chi connectivity index (χ1) is 13.2. The zero-order valence-electron chi connectivity index (χ0n) is 17.2. The molecule has 0 aliphatic carbocycles. The summed E-state index contributed by atoms with van der Waals surface area (Å²) in [6.45, 7) is 10.0. The van der Waals surface area contributed by atoms with E-state index in [4.69, 9.17) is 21.1 Å². The maximum Gasteiger partial charge on any atom is 0.414 e. The number of nitrogens with one attached hydrogen (secondary N) is 2. The second kappa shape index (κ2) is 9.55. The number of aliphatic imine (C=N–C) groups is 1. The minimum atomic E-state index is -0.831. The van der Waals surface area contributed by atoms with Gasteiger partial charge in [0.15, 0.2) is 0 Å². The van der Waals surface area contributed by atoms with E-state index < -0.39 is 28.3 Å². The van der Waals surface area contributed by atoms with Gasteiger partial charge in [-0.3, -0.25) is 20.7 Å². The third kappa shape index (κ3) is 9.74. The molecule has 0 bridgehead atoms. The summed E-state index contributed by atoms with van der Waals surface area (Å²) in [5.74, 6) is -0.220. The normalized spacial score (nSPS) is 11.3. The number of halogens is 1.